The quantitative estimate of drug-likeness (QED) is 0.317. The molecule has 1 atom stereocenters. The molecule has 1 aliphatic heterocycles. The topological polar surface area (TPSA) is 119 Å². The first-order valence-electron chi connectivity index (χ1n) is 14.9. The third kappa shape index (κ3) is 7.82. The standard InChI is InChI=1S/C33H38N4O6/c1-41-26-16-13-23(14-17-26)32(33(40)35-24-8-3-2-4-9-24)37(25-15-18-27-28(22-25)43-21-20-42-27)31(39)12-7-11-30(38)36-29-10-5-6-19-34-29/h5-6,10,13-19,22,24,32H,2-4,7-9,11-12,20-21H2,1H3,(H,35,40)(H,34,36,38)/t32-/m1/s1. The molecule has 0 bridgehead atoms. The normalized spacial score (nSPS) is 15.2. The van der Waals surface area contributed by atoms with E-state index < -0.39 is 6.04 Å². The Labute approximate surface area is 251 Å². The van der Waals surface area contributed by atoms with Crippen molar-refractivity contribution in [3.8, 4) is 17.2 Å². The summed E-state index contributed by atoms with van der Waals surface area (Å²) in [7, 11) is 1.58. The van der Waals surface area contributed by atoms with E-state index in [2.05, 4.69) is 15.6 Å². The Morgan fingerprint density at radius 1 is 0.953 bits per heavy atom. The van der Waals surface area contributed by atoms with Crippen LogP contribution in [0.5, 0.6) is 17.2 Å². The van der Waals surface area contributed by atoms with Gasteiger partial charge in [-0.3, -0.25) is 19.3 Å². The molecule has 0 radical (unpaired) electrons. The zero-order valence-corrected chi connectivity index (χ0v) is 24.4. The van der Waals surface area contributed by atoms with Crippen molar-refractivity contribution in [2.45, 2.75) is 63.5 Å². The molecule has 2 aliphatic rings. The summed E-state index contributed by atoms with van der Waals surface area (Å²) < 4.78 is 16.9. The number of hydrogen-bond acceptors (Lipinski definition) is 7. The molecule has 1 aromatic heterocycles. The van der Waals surface area contributed by atoms with Gasteiger partial charge in [0.25, 0.3) is 0 Å². The van der Waals surface area contributed by atoms with E-state index in [0.29, 0.717) is 47.5 Å². The van der Waals surface area contributed by atoms with Crippen molar-refractivity contribution in [3.63, 3.8) is 0 Å². The first kappa shape index (κ1) is 29.9. The number of aromatic nitrogens is 1. The number of hydrogen-bond donors (Lipinski definition) is 2. The molecular weight excluding hydrogens is 548 g/mol. The lowest BCUT2D eigenvalue weighted by molar-refractivity contribution is -0.127. The number of nitrogens with one attached hydrogen (secondary N) is 2. The van der Waals surface area contributed by atoms with E-state index in [1.807, 2.05) is 12.1 Å². The first-order valence-corrected chi connectivity index (χ1v) is 14.9. The van der Waals surface area contributed by atoms with Gasteiger partial charge in [0, 0.05) is 36.8 Å². The number of methoxy groups -OCH3 is 1. The van der Waals surface area contributed by atoms with Crippen molar-refractivity contribution in [1.82, 2.24) is 10.3 Å². The van der Waals surface area contributed by atoms with Crippen molar-refractivity contribution in [2.24, 2.45) is 0 Å². The van der Waals surface area contributed by atoms with Crippen molar-refractivity contribution < 1.29 is 28.6 Å². The van der Waals surface area contributed by atoms with Crippen LogP contribution < -0.4 is 29.7 Å². The zero-order chi connectivity index (χ0) is 30.0. The molecule has 10 heteroatoms. The number of rotatable bonds is 11. The molecule has 226 valence electrons. The van der Waals surface area contributed by atoms with Gasteiger partial charge in [-0.05, 0) is 61.2 Å². The maximum absolute atomic E-state index is 14.1. The van der Waals surface area contributed by atoms with Gasteiger partial charge in [-0.25, -0.2) is 4.98 Å². The largest absolute Gasteiger partial charge is 0.497 e. The average Bonchev–Trinajstić information content (AvgIpc) is 3.04. The molecule has 1 fully saturated rings. The summed E-state index contributed by atoms with van der Waals surface area (Å²) in [6, 6.07) is 16.8. The van der Waals surface area contributed by atoms with Gasteiger partial charge in [-0.2, -0.15) is 0 Å². The lowest BCUT2D eigenvalue weighted by atomic mass is 9.94. The molecule has 2 heterocycles. The average molecular weight is 587 g/mol. The summed E-state index contributed by atoms with van der Waals surface area (Å²) in [6.45, 7) is 0.827. The second-order valence-corrected chi connectivity index (χ2v) is 10.7. The summed E-state index contributed by atoms with van der Waals surface area (Å²) in [5, 5.41) is 5.98. The van der Waals surface area contributed by atoms with E-state index in [-0.39, 0.29) is 43.0 Å². The van der Waals surface area contributed by atoms with Crippen LogP contribution in [0.2, 0.25) is 0 Å². The van der Waals surface area contributed by atoms with E-state index in [1.165, 1.54) is 4.90 Å². The molecule has 2 aromatic carbocycles. The second kappa shape index (κ2) is 14.5. The van der Waals surface area contributed by atoms with Crippen LogP contribution in [0, 0.1) is 0 Å². The van der Waals surface area contributed by atoms with Gasteiger partial charge >= 0.3 is 0 Å². The molecule has 10 nitrogen and oxygen atoms in total. The monoisotopic (exact) mass is 586 g/mol. The predicted octanol–water partition coefficient (Wildman–Crippen LogP) is 5.19. The molecule has 43 heavy (non-hydrogen) atoms. The van der Waals surface area contributed by atoms with Crippen molar-refractivity contribution in [2.75, 3.05) is 30.5 Å². The van der Waals surface area contributed by atoms with Crippen LogP contribution in [0.4, 0.5) is 11.5 Å². The summed E-state index contributed by atoms with van der Waals surface area (Å²) in [5.41, 5.74) is 1.15. The van der Waals surface area contributed by atoms with Gasteiger partial charge in [0.2, 0.25) is 17.7 Å². The van der Waals surface area contributed by atoms with Gasteiger partial charge in [-0.1, -0.05) is 37.5 Å². The molecular formula is C33H38N4O6. The third-order valence-electron chi connectivity index (χ3n) is 7.69. The molecule has 5 rings (SSSR count). The number of pyridine rings is 1. The Bertz CT molecular complexity index is 1390. The van der Waals surface area contributed by atoms with Crippen LogP contribution in [0.3, 0.4) is 0 Å². The highest BCUT2D eigenvalue weighted by Crippen LogP contribution is 2.38. The van der Waals surface area contributed by atoms with Crippen LogP contribution in [0.15, 0.2) is 66.9 Å². The Morgan fingerprint density at radius 2 is 1.72 bits per heavy atom. The Kier molecular flexibility index (Phi) is 10.1. The Balaban J connectivity index is 1.43. The highest BCUT2D eigenvalue weighted by molar-refractivity contribution is 6.02. The number of amides is 3. The highest BCUT2D eigenvalue weighted by Gasteiger charge is 2.34. The van der Waals surface area contributed by atoms with Crippen LogP contribution in [-0.4, -0.2) is 49.1 Å². The van der Waals surface area contributed by atoms with Crippen LogP contribution in [0.1, 0.15) is 63.0 Å². The lowest BCUT2D eigenvalue weighted by Gasteiger charge is -2.34. The summed E-state index contributed by atoms with van der Waals surface area (Å²) in [6.07, 6.45) is 7.15. The van der Waals surface area contributed by atoms with Gasteiger partial charge in [0.1, 0.15) is 30.8 Å². The molecule has 1 aliphatic carbocycles. The maximum atomic E-state index is 14.1. The van der Waals surface area contributed by atoms with Crippen LogP contribution >= 0.6 is 0 Å². The fourth-order valence-electron chi connectivity index (χ4n) is 5.51. The summed E-state index contributed by atoms with van der Waals surface area (Å²) in [4.78, 5) is 46.4. The van der Waals surface area contributed by atoms with Gasteiger partial charge in [0.15, 0.2) is 11.5 Å². The minimum atomic E-state index is -0.953. The summed E-state index contributed by atoms with van der Waals surface area (Å²) in [5.74, 6) is 1.41. The van der Waals surface area contributed by atoms with Gasteiger partial charge < -0.3 is 24.8 Å². The molecule has 0 saturated heterocycles. The second-order valence-electron chi connectivity index (χ2n) is 10.7. The van der Waals surface area contributed by atoms with E-state index in [4.69, 9.17) is 14.2 Å². The molecule has 0 unspecified atom stereocenters. The van der Waals surface area contributed by atoms with Crippen LogP contribution in [0.25, 0.3) is 0 Å². The number of nitrogens with zero attached hydrogens (tertiary/aromatic N) is 2. The van der Waals surface area contributed by atoms with Crippen molar-refractivity contribution >= 4 is 29.2 Å². The smallest absolute Gasteiger partial charge is 0.248 e. The number of ether oxygens (including phenoxy) is 3. The number of anilines is 2. The molecule has 3 aromatic rings. The molecule has 2 N–H and O–H groups in total. The van der Waals surface area contributed by atoms with Crippen molar-refractivity contribution in [1.29, 1.82) is 0 Å². The minimum Gasteiger partial charge on any atom is -0.497 e. The van der Waals surface area contributed by atoms with Crippen LogP contribution in [-0.2, 0) is 14.4 Å². The fraction of sp³-hybridized carbons (Fsp3) is 0.394. The summed E-state index contributed by atoms with van der Waals surface area (Å²) >= 11 is 0. The molecule has 3 amide bonds. The lowest BCUT2D eigenvalue weighted by Crippen LogP contribution is -2.47. The number of fused-ring (bicyclic) bond motifs is 1. The Hall–Kier alpha value is -4.60. The predicted molar refractivity (Wildman–Crippen MR) is 162 cm³/mol. The van der Waals surface area contributed by atoms with Gasteiger partial charge in [0.05, 0.1) is 7.11 Å². The number of benzene rings is 2. The third-order valence-corrected chi connectivity index (χ3v) is 7.69. The van der Waals surface area contributed by atoms with E-state index in [1.54, 1.807) is 61.8 Å². The maximum Gasteiger partial charge on any atom is 0.248 e. The Morgan fingerprint density at radius 3 is 2.44 bits per heavy atom. The molecule has 1 saturated carbocycles. The number of carbonyl (C=O) groups excluding carboxylic acids is 3. The van der Waals surface area contributed by atoms with E-state index >= 15 is 0 Å². The molecule has 0 spiro atoms. The minimum absolute atomic E-state index is 0.0491. The van der Waals surface area contributed by atoms with E-state index in [0.717, 1.165) is 32.1 Å². The van der Waals surface area contributed by atoms with E-state index in [9.17, 15) is 14.4 Å². The van der Waals surface area contributed by atoms with Gasteiger partial charge in [-0.15, -0.1) is 0 Å². The fourth-order valence-corrected chi connectivity index (χ4v) is 5.51. The van der Waals surface area contributed by atoms with Crippen molar-refractivity contribution in [3.05, 3.63) is 72.4 Å². The first-order chi connectivity index (χ1) is 21.0. The number of carbonyl (C=O) groups is 3. The zero-order valence-electron chi connectivity index (χ0n) is 24.4. The highest BCUT2D eigenvalue weighted by atomic mass is 16.6. The SMILES string of the molecule is COc1ccc([C@H](C(=O)NC2CCCCC2)N(C(=O)CCCC(=O)Nc2ccccn2)c2ccc3c(c2)OCCO3)cc1.